The van der Waals surface area contributed by atoms with E-state index >= 15 is 0 Å². The van der Waals surface area contributed by atoms with Crippen molar-refractivity contribution in [3.8, 4) is 11.1 Å². The second kappa shape index (κ2) is 11.6. The lowest BCUT2D eigenvalue weighted by molar-refractivity contribution is -0.143. The zero-order chi connectivity index (χ0) is 20.2. The number of carbonyl (C=O) groups is 2. The second-order valence-corrected chi connectivity index (χ2v) is 5.54. The maximum absolute atomic E-state index is 13.9. The van der Waals surface area contributed by atoms with E-state index in [2.05, 4.69) is 10.7 Å². The Morgan fingerprint density at radius 2 is 1.85 bits per heavy atom. The number of nitrogen functional groups attached to an aromatic ring is 1. The van der Waals surface area contributed by atoms with Crippen LogP contribution in [0.4, 0.5) is 10.1 Å². The Kier molecular flexibility index (Phi) is 9.53. The van der Waals surface area contributed by atoms with Crippen LogP contribution in [0.25, 0.3) is 11.1 Å². The number of esters is 1. The van der Waals surface area contributed by atoms with Crippen molar-refractivity contribution >= 4 is 17.6 Å². The lowest BCUT2D eigenvalue weighted by Gasteiger charge is -2.10. The molecule has 2 aromatic carbocycles. The quantitative estimate of drug-likeness (QED) is 0.408. The van der Waals surface area contributed by atoms with Gasteiger partial charge in [-0.05, 0) is 30.2 Å². The first-order chi connectivity index (χ1) is 13.0. The molecule has 0 saturated heterocycles. The smallest absolute Gasteiger partial charge is 0.305 e. The Labute approximate surface area is 158 Å². The zero-order valence-electron chi connectivity index (χ0n) is 15.8. The van der Waals surface area contributed by atoms with Crippen LogP contribution >= 0.6 is 0 Å². The fourth-order valence-electron chi connectivity index (χ4n) is 2.18. The molecule has 0 bridgehead atoms. The van der Waals surface area contributed by atoms with E-state index in [4.69, 9.17) is 10.6 Å². The third kappa shape index (κ3) is 6.71. The zero-order valence-corrected chi connectivity index (χ0v) is 15.8. The fraction of sp³-hybridized carbons (Fsp3) is 0.300. The molecule has 0 unspecified atom stereocenters. The van der Waals surface area contributed by atoms with Crippen LogP contribution in [0, 0.1) is 5.82 Å². The lowest BCUT2D eigenvalue weighted by Crippen LogP contribution is -2.19. The van der Waals surface area contributed by atoms with Gasteiger partial charge in [-0.15, -0.1) is 0 Å². The first-order valence-corrected chi connectivity index (χ1v) is 8.71. The van der Waals surface area contributed by atoms with Gasteiger partial charge in [0.1, 0.15) is 5.82 Å². The van der Waals surface area contributed by atoms with Gasteiger partial charge in [0.25, 0.3) is 5.91 Å². The molecule has 0 atom stereocenters. The molecule has 6 nitrogen and oxygen atoms in total. The highest BCUT2D eigenvalue weighted by Gasteiger charge is 2.12. The van der Waals surface area contributed by atoms with Crippen molar-refractivity contribution in [2.24, 2.45) is 5.84 Å². The first-order valence-electron chi connectivity index (χ1n) is 8.71. The molecule has 0 saturated carbocycles. The van der Waals surface area contributed by atoms with Crippen molar-refractivity contribution in [3.05, 3.63) is 53.8 Å². The molecular formula is C20H26FN3O3. The largest absolute Gasteiger partial charge is 0.466 e. The fourth-order valence-corrected chi connectivity index (χ4v) is 2.18. The van der Waals surface area contributed by atoms with Crippen molar-refractivity contribution < 1.29 is 18.7 Å². The van der Waals surface area contributed by atoms with Crippen molar-refractivity contribution in [2.45, 2.75) is 26.7 Å². The van der Waals surface area contributed by atoms with E-state index in [1.165, 1.54) is 19.2 Å². The third-order valence-corrected chi connectivity index (χ3v) is 3.59. The molecule has 0 aliphatic rings. The van der Waals surface area contributed by atoms with Gasteiger partial charge in [0, 0.05) is 19.0 Å². The van der Waals surface area contributed by atoms with Gasteiger partial charge >= 0.3 is 5.97 Å². The Morgan fingerprint density at radius 1 is 1.15 bits per heavy atom. The highest BCUT2D eigenvalue weighted by atomic mass is 19.1. The topological polar surface area (TPSA) is 93.4 Å². The molecule has 0 aromatic heterocycles. The number of nitrogens with two attached hydrogens (primary N) is 1. The van der Waals surface area contributed by atoms with Crippen LogP contribution in [0.1, 0.15) is 37.0 Å². The van der Waals surface area contributed by atoms with Gasteiger partial charge < -0.3 is 15.5 Å². The number of rotatable bonds is 6. The summed E-state index contributed by atoms with van der Waals surface area (Å²) in [5.41, 5.74) is 4.69. The van der Waals surface area contributed by atoms with Crippen LogP contribution in [0.15, 0.2) is 42.5 Å². The Morgan fingerprint density at radius 3 is 2.41 bits per heavy atom. The molecule has 0 heterocycles. The van der Waals surface area contributed by atoms with Gasteiger partial charge in [0.2, 0.25) is 0 Å². The van der Waals surface area contributed by atoms with Crippen LogP contribution in [0.3, 0.4) is 0 Å². The second-order valence-electron chi connectivity index (χ2n) is 5.54. The minimum atomic E-state index is -0.566. The van der Waals surface area contributed by atoms with Gasteiger partial charge in [-0.2, -0.15) is 0 Å². The summed E-state index contributed by atoms with van der Waals surface area (Å²) in [5, 5.41) is 2.39. The van der Waals surface area contributed by atoms with Crippen molar-refractivity contribution in [3.63, 3.8) is 0 Å². The van der Waals surface area contributed by atoms with Gasteiger partial charge in [0.05, 0.1) is 17.9 Å². The summed E-state index contributed by atoms with van der Waals surface area (Å²) in [6, 6.07) is 11.7. The molecule has 1 amide bonds. The lowest BCUT2D eigenvalue weighted by atomic mass is 10.0. The summed E-state index contributed by atoms with van der Waals surface area (Å²) in [6.07, 6.45) is 1.39. The number of hydrazine groups is 1. The van der Waals surface area contributed by atoms with Crippen LogP contribution < -0.4 is 16.6 Å². The number of hydrogen-bond donors (Lipinski definition) is 3. The summed E-state index contributed by atoms with van der Waals surface area (Å²) in [4.78, 5) is 21.8. The van der Waals surface area contributed by atoms with E-state index in [1.807, 2.05) is 25.1 Å². The molecular weight excluding hydrogens is 349 g/mol. The number of carbonyl (C=O) groups excluding carboxylic acids is 2. The Bertz CT molecular complexity index is 766. The molecule has 0 aliphatic heterocycles. The number of nitrogens with one attached hydrogen (secondary N) is 2. The number of halogens is 1. The van der Waals surface area contributed by atoms with Gasteiger partial charge in [-0.25, -0.2) is 4.39 Å². The van der Waals surface area contributed by atoms with Crippen molar-refractivity contribution in [1.29, 1.82) is 0 Å². The van der Waals surface area contributed by atoms with Gasteiger partial charge in [-0.3, -0.25) is 15.4 Å². The van der Waals surface area contributed by atoms with E-state index in [9.17, 15) is 14.0 Å². The predicted octanol–water partition coefficient (Wildman–Crippen LogP) is 3.49. The van der Waals surface area contributed by atoms with E-state index < -0.39 is 11.7 Å². The van der Waals surface area contributed by atoms with Crippen molar-refractivity contribution in [1.82, 2.24) is 5.32 Å². The summed E-state index contributed by atoms with van der Waals surface area (Å²) >= 11 is 0. The molecule has 0 spiro atoms. The highest BCUT2D eigenvalue weighted by Crippen LogP contribution is 2.28. The number of para-hydroxylation sites is 1. The standard InChI is InChI=1S/C14H14FN3O.C6H12O2/c1-17-14(19)11-7-6-9(8-12(11)15)10-4-2-3-5-13(10)18-16;1-3-5-8-6(7)4-2/h2-8,18H,16H2,1H3,(H,17,19);3-5H2,1-2H3. The number of anilines is 1. The molecule has 2 aromatic rings. The van der Waals surface area contributed by atoms with Gasteiger partial charge in [-0.1, -0.05) is 38.1 Å². The molecule has 0 aliphatic carbocycles. The summed E-state index contributed by atoms with van der Waals surface area (Å²) in [7, 11) is 1.46. The summed E-state index contributed by atoms with van der Waals surface area (Å²) < 4.78 is 18.6. The van der Waals surface area contributed by atoms with Crippen LogP contribution in [-0.2, 0) is 9.53 Å². The molecule has 146 valence electrons. The normalized spacial score (nSPS) is 9.67. The molecule has 4 N–H and O–H groups in total. The highest BCUT2D eigenvalue weighted by molar-refractivity contribution is 5.95. The van der Waals surface area contributed by atoms with E-state index in [0.29, 0.717) is 24.3 Å². The van der Waals surface area contributed by atoms with E-state index in [0.717, 1.165) is 12.0 Å². The molecule has 0 radical (unpaired) electrons. The number of ether oxygens (including phenoxy) is 1. The monoisotopic (exact) mass is 375 g/mol. The number of amides is 1. The SMILES string of the molecule is CCCOC(=O)CC.CNC(=O)c1ccc(-c2ccccc2NN)cc1F. The number of hydrogen-bond acceptors (Lipinski definition) is 5. The molecule has 0 fully saturated rings. The van der Waals surface area contributed by atoms with Crippen LogP contribution in [0.5, 0.6) is 0 Å². The Hall–Kier alpha value is -2.93. The minimum absolute atomic E-state index is 0.0180. The van der Waals surface area contributed by atoms with E-state index in [1.54, 1.807) is 19.1 Å². The maximum atomic E-state index is 13.9. The maximum Gasteiger partial charge on any atom is 0.305 e. The van der Waals surface area contributed by atoms with E-state index in [-0.39, 0.29) is 11.5 Å². The summed E-state index contributed by atoms with van der Waals surface area (Å²) in [5.74, 6) is 4.30. The molecule has 2 rings (SSSR count). The molecule has 27 heavy (non-hydrogen) atoms. The van der Waals surface area contributed by atoms with Crippen LogP contribution in [-0.4, -0.2) is 25.5 Å². The van der Waals surface area contributed by atoms with Crippen molar-refractivity contribution in [2.75, 3.05) is 19.1 Å². The molecule has 7 heteroatoms. The average Bonchev–Trinajstić information content (AvgIpc) is 2.71. The number of benzene rings is 2. The third-order valence-electron chi connectivity index (χ3n) is 3.59. The summed E-state index contributed by atoms with van der Waals surface area (Å²) in [6.45, 7) is 4.33. The Balaban J connectivity index is 0.000000387. The van der Waals surface area contributed by atoms with Crippen LogP contribution in [0.2, 0.25) is 0 Å². The average molecular weight is 375 g/mol. The predicted molar refractivity (Wildman–Crippen MR) is 105 cm³/mol. The minimum Gasteiger partial charge on any atom is -0.466 e. The first kappa shape index (κ1) is 22.1. The van der Waals surface area contributed by atoms with Gasteiger partial charge in [0.15, 0.2) is 0 Å².